The van der Waals surface area contributed by atoms with Crippen molar-refractivity contribution in [2.45, 2.75) is 20.0 Å². The number of rotatable bonds is 3. The van der Waals surface area contributed by atoms with Crippen LogP contribution < -0.4 is 0 Å². The maximum atomic E-state index is 12.8. The topological polar surface area (TPSA) is 32.9 Å². The molecule has 23 heavy (non-hydrogen) atoms. The van der Waals surface area contributed by atoms with E-state index in [1.807, 2.05) is 24.3 Å². The van der Waals surface area contributed by atoms with Crippen LogP contribution >= 0.6 is 11.6 Å². The number of nitrogens with one attached hydrogen (secondary N) is 1. The second-order valence-corrected chi connectivity index (χ2v) is 6.86. The van der Waals surface area contributed by atoms with E-state index >= 15 is 0 Å². The van der Waals surface area contributed by atoms with Crippen LogP contribution in [0.15, 0.2) is 41.6 Å². The van der Waals surface area contributed by atoms with Gasteiger partial charge in [-0.3, -0.25) is 4.79 Å². The molecule has 2 nitrogen and oxygen atoms in total. The van der Waals surface area contributed by atoms with E-state index in [2.05, 4.69) is 4.98 Å². The molecule has 0 spiro atoms. The molecule has 0 aliphatic heterocycles. The summed E-state index contributed by atoms with van der Waals surface area (Å²) in [6.07, 6.45) is -1.99. The largest absolute Gasteiger partial charge is 0.426 e. The third-order valence-electron chi connectivity index (χ3n) is 4.64. The van der Waals surface area contributed by atoms with E-state index in [4.69, 9.17) is 11.6 Å². The van der Waals surface area contributed by atoms with Gasteiger partial charge in [0.05, 0.1) is 0 Å². The molecular formula is C17H15ClF3NO. The number of ketones is 1. The van der Waals surface area contributed by atoms with Crippen LogP contribution in [0.25, 0.3) is 10.9 Å². The van der Waals surface area contributed by atoms with Crippen molar-refractivity contribution in [1.29, 1.82) is 0 Å². The van der Waals surface area contributed by atoms with Crippen LogP contribution in [-0.2, 0) is 0 Å². The quantitative estimate of drug-likeness (QED) is 0.754. The Balaban J connectivity index is 1.92. The van der Waals surface area contributed by atoms with E-state index in [0.717, 1.165) is 17.0 Å². The maximum absolute atomic E-state index is 12.8. The molecule has 1 aromatic heterocycles. The van der Waals surface area contributed by atoms with E-state index in [1.54, 1.807) is 20.0 Å². The van der Waals surface area contributed by atoms with Gasteiger partial charge < -0.3 is 4.98 Å². The summed E-state index contributed by atoms with van der Waals surface area (Å²) >= 11 is 5.33. The molecule has 122 valence electrons. The first kappa shape index (κ1) is 16.1. The Labute approximate surface area is 136 Å². The summed E-state index contributed by atoms with van der Waals surface area (Å²) in [6.45, 7) is 3.57. The molecule has 1 aromatic carbocycles. The average molecular weight is 342 g/mol. The number of hydrogen-bond acceptors (Lipinski definition) is 1. The Hall–Kier alpha value is -1.75. The van der Waals surface area contributed by atoms with Crippen LogP contribution in [0, 0.1) is 17.3 Å². The number of para-hydroxylation sites is 1. The molecule has 0 amide bonds. The fourth-order valence-electron chi connectivity index (χ4n) is 3.18. The van der Waals surface area contributed by atoms with Gasteiger partial charge in [0, 0.05) is 28.6 Å². The summed E-state index contributed by atoms with van der Waals surface area (Å²) in [5, 5.41) is -0.380. The number of allylic oxidation sites excluding steroid dienone is 2. The van der Waals surface area contributed by atoms with Crippen LogP contribution in [0.4, 0.5) is 13.2 Å². The molecule has 1 saturated carbocycles. The van der Waals surface area contributed by atoms with E-state index < -0.39 is 28.5 Å². The van der Waals surface area contributed by atoms with Gasteiger partial charge in [0.1, 0.15) is 5.03 Å². The average Bonchev–Trinajstić information content (AvgIpc) is 2.84. The van der Waals surface area contributed by atoms with Crippen molar-refractivity contribution in [2.24, 2.45) is 17.3 Å². The summed E-state index contributed by atoms with van der Waals surface area (Å²) in [6, 6.07) is 7.34. The smallest absolute Gasteiger partial charge is 0.360 e. The molecular weight excluding hydrogens is 327 g/mol. The molecule has 0 radical (unpaired) electrons. The third kappa shape index (κ3) is 2.67. The predicted octanol–water partition coefficient (Wildman–Crippen LogP) is 5.31. The van der Waals surface area contributed by atoms with E-state index in [9.17, 15) is 18.0 Å². The third-order valence-corrected chi connectivity index (χ3v) is 4.98. The van der Waals surface area contributed by atoms with E-state index in [0.29, 0.717) is 5.56 Å². The number of halogens is 4. The molecule has 3 rings (SSSR count). The highest BCUT2D eigenvalue weighted by Crippen LogP contribution is 2.61. The van der Waals surface area contributed by atoms with Crippen LogP contribution in [0.3, 0.4) is 0 Å². The Morgan fingerprint density at radius 2 is 1.96 bits per heavy atom. The molecule has 2 unspecified atom stereocenters. The zero-order chi connectivity index (χ0) is 17.0. The zero-order valence-electron chi connectivity index (χ0n) is 12.5. The van der Waals surface area contributed by atoms with Gasteiger partial charge in [0.2, 0.25) is 0 Å². The molecule has 1 N–H and O–H groups in total. The lowest BCUT2D eigenvalue weighted by atomic mass is 10.0. The minimum atomic E-state index is -4.57. The number of benzene rings is 1. The van der Waals surface area contributed by atoms with Crippen molar-refractivity contribution in [3.05, 3.63) is 47.1 Å². The van der Waals surface area contributed by atoms with Gasteiger partial charge in [-0.25, -0.2) is 0 Å². The van der Waals surface area contributed by atoms with Gasteiger partial charge in [0.15, 0.2) is 5.78 Å². The summed E-state index contributed by atoms with van der Waals surface area (Å²) in [4.78, 5) is 15.8. The van der Waals surface area contributed by atoms with Crippen molar-refractivity contribution < 1.29 is 18.0 Å². The van der Waals surface area contributed by atoms with Crippen molar-refractivity contribution in [3.8, 4) is 0 Å². The number of aromatic nitrogens is 1. The Bertz CT molecular complexity index is 804. The van der Waals surface area contributed by atoms with Gasteiger partial charge in [-0.2, -0.15) is 13.2 Å². The highest BCUT2D eigenvalue weighted by Gasteiger charge is 2.61. The molecule has 1 fully saturated rings. The fourth-order valence-corrected chi connectivity index (χ4v) is 3.32. The number of alkyl halides is 3. The van der Waals surface area contributed by atoms with E-state index in [1.165, 1.54) is 0 Å². The van der Waals surface area contributed by atoms with Crippen molar-refractivity contribution in [3.63, 3.8) is 0 Å². The summed E-state index contributed by atoms with van der Waals surface area (Å²) in [5.41, 5.74) is 0.799. The summed E-state index contributed by atoms with van der Waals surface area (Å²) < 4.78 is 37.8. The van der Waals surface area contributed by atoms with Gasteiger partial charge in [0.25, 0.3) is 0 Å². The molecule has 1 heterocycles. The molecule has 1 aliphatic rings. The lowest BCUT2D eigenvalue weighted by molar-refractivity contribution is -0.0848. The molecule has 0 bridgehead atoms. The lowest BCUT2D eigenvalue weighted by Gasteiger charge is -2.04. The standard InChI is InChI=1S/C17H15ClF3NO/c1-16(2)11(7-13(18)17(19,20)21)14(16)15(23)10-8-22-12-6-4-3-5-9(10)12/h3-8,11,14,22H,1-2H3/b13-7-. The van der Waals surface area contributed by atoms with Crippen molar-refractivity contribution in [1.82, 2.24) is 4.98 Å². The number of carbonyl (C=O) groups excluding carboxylic acids is 1. The van der Waals surface area contributed by atoms with Crippen LogP contribution in [0.5, 0.6) is 0 Å². The predicted molar refractivity (Wildman–Crippen MR) is 83.4 cm³/mol. The molecule has 2 aromatic rings. The highest BCUT2D eigenvalue weighted by atomic mass is 35.5. The molecule has 0 saturated heterocycles. The van der Waals surface area contributed by atoms with E-state index in [-0.39, 0.29) is 5.78 Å². The highest BCUT2D eigenvalue weighted by molar-refractivity contribution is 6.30. The normalized spacial score (nSPS) is 24.0. The van der Waals surface area contributed by atoms with Crippen molar-refractivity contribution >= 4 is 28.3 Å². The number of hydrogen-bond donors (Lipinski definition) is 1. The van der Waals surface area contributed by atoms with Crippen LogP contribution in [-0.4, -0.2) is 16.9 Å². The van der Waals surface area contributed by atoms with Gasteiger partial charge >= 0.3 is 6.18 Å². The summed E-state index contributed by atoms with van der Waals surface area (Å²) in [5.74, 6) is -1.17. The Morgan fingerprint density at radius 3 is 2.61 bits per heavy atom. The number of carbonyl (C=O) groups is 1. The van der Waals surface area contributed by atoms with Gasteiger partial charge in [-0.1, -0.05) is 49.7 Å². The maximum Gasteiger partial charge on any atom is 0.426 e. The Morgan fingerprint density at radius 1 is 1.30 bits per heavy atom. The van der Waals surface area contributed by atoms with Crippen molar-refractivity contribution in [2.75, 3.05) is 0 Å². The lowest BCUT2D eigenvalue weighted by Crippen LogP contribution is -2.08. The first-order valence-corrected chi connectivity index (χ1v) is 7.56. The molecule has 2 atom stereocenters. The molecule has 1 aliphatic carbocycles. The summed E-state index contributed by atoms with van der Waals surface area (Å²) in [7, 11) is 0. The molecule has 6 heteroatoms. The number of fused-ring (bicyclic) bond motifs is 1. The fraction of sp³-hybridized carbons (Fsp3) is 0.353. The Kier molecular flexibility index (Phi) is 3.59. The second-order valence-electron chi connectivity index (χ2n) is 6.45. The van der Waals surface area contributed by atoms with Gasteiger partial charge in [-0.15, -0.1) is 0 Å². The first-order valence-electron chi connectivity index (χ1n) is 7.19. The number of aromatic amines is 1. The monoisotopic (exact) mass is 341 g/mol. The second kappa shape index (κ2) is 5.13. The van der Waals surface area contributed by atoms with Gasteiger partial charge in [-0.05, 0) is 17.4 Å². The minimum absolute atomic E-state index is 0.152. The van der Waals surface area contributed by atoms with Crippen LogP contribution in [0.1, 0.15) is 24.2 Å². The zero-order valence-corrected chi connectivity index (χ0v) is 13.3. The van der Waals surface area contributed by atoms with Crippen LogP contribution in [0.2, 0.25) is 0 Å². The number of Topliss-reactive ketones (excluding diaryl/α,β-unsaturated/α-hetero) is 1. The SMILES string of the molecule is CC1(C)C(/C=C(\Cl)C(F)(F)F)C1C(=O)c1c[nH]c2ccccc12. The first-order chi connectivity index (χ1) is 10.6. The number of H-pyrrole nitrogens is 1. The minimum Gasteiger partial charge on any atom is -0.360 e.